The molecule has 0 unspecified atom stereocenters. The minimum Gasteiger partial charge on any atom is -0.463 e. The van der Waals surface area contributed by atoms with E-state index in [0.29, 0.717) is 12.3 Å². The van der Waals surface area contributed by atoms with Crippen LogP contribution in [0.2, 0.25) is 0 Å². The van der Waals surface area contributed by atoms with E-state index in [4.69, 9.17) is 4.74 Å². The fourth-order valence-electron chi connectivity index (χ4n) is 1.95. The van der Waals surface area contributed by atoms with Gasteiger partial charge in [-0.3, -0.25) is 0 Å². The molecular weight excluding hydrogens is 266 g/mol. The van der Waals surface area contributed by atoms with Gasteiger partial charge >= 0.3 is 5.97 Å². The van der Waals surface area contributed by atoms with Crippen LogP contribution in [0, 0.1) is 6.92 Å². The molecule has 0 spiro atoms. The molecule has 0 saturated heterocycles. The Morgan fingerprint density at radius 3 is 2.76 bits per heavy atom. The van der Waals surface area contributed by atoms with Crippen molar-refractivity contribution in [2.75, 3.05) is 11.9 Å². The van der Waals surface area contributed by atoms with E-state index >= 15 is 0 Å². The summed E-state index contributed by atoms with van der Waals surface area (Å²) in [7, 11) is 0. The smallest absolute Gasteiger partial charge is 0.332 e. The molecule has 0 aliphatic carbocycles. The molecular formula is C16H19N3O2. The summed E-state index contributed by atoms with van der Waals surface area (Å²) < 4.78 is 6.70. The van der Waals surface area contributed by atoms with Crippen LogP contribution in [0.1, 0.15) is 19.5 Å². The Morgan fingerprint density at radius 2 is 2.10 bits per heavy atom. The van der Waals surface area contributed by atoms with Crippen LogP contribution < -0.4 is 5.32 Å². The molecule has 1 N–H and O–H groups in total. The van der Waals surface area contributed by atoms with Gasteiger partial charge in [0, 0.05) is 17.8 Å². The van der Waals surface area contributed by atoms with Gasteiger partial charge in [0.2, 0.25) is 0 Å². The first kappa shape index (κ1) is 14.8. The number of aromatic nitrogens is 2. The van der Waals surface area contributed by atoms with Crippen molar-refractivity contribution in [3.05, 3.63) is 53.9 Å². The second-order valence-corrected chi connectivity index (χ2v) is 4.62. The van der Waals surface area contributed by atoms with Gasteiger partial charge in [0.1, 0.15) is 5.82 Å². The Hall–Kier alpha value is -2.56. The first-order valence-corrected chi connectivity index (χ1v) is 6.84. The molecule has 0 aliphatic heterocycles. The molecule has 21 heavy (non-hydrogen) atoms. The number of anilines is 1. The summed E-state index contributed by atoms with van der Waals surface area (Å²) in [4.78, 5) is 11.4. The van der Waals surface area contributed by atoms with E-state index in [2.05, 4.69) is 10.4 Å². The van der Waals surface area contributed by atoms with Crippen LogP contribution in [0.15, 0.2) is 48.2 Å². The minimum atomic E-state index is -0.356. The SMILES string of the molecule is CCOC(=O)/C=C(\C)Nc1cc(C)nn1-c1ccccc1. The summed E-state index contributed by atoms with van der Waals surface area (Å²) in [5.74, 6) is 0.446. The van der Waals surface area contributed by atoms with Gasteiger partial charge in [-0.05, 0) is 32.9 Å². The lowest BCUT2D eigenvalue weighted by Crippen LogP contribution is -2.07. The highest BCUT2D eigenvalue weighted by atomic mass is 16.5. The molecule has 110 valence electrons. The first-order chi connectivity index (χ1) is 10.1. The highest BCUT2D eigenvalue weighted by Gasteiger charge is 2.08. The van der Waals surface area contributed by atoms with Crippen LogP contribution in [-0.4, -0.2) is 22.4 Å². The Morgan fingerprint density at radius 1 is 1.38 bits per heavy atom. The zero-order valence-electron chi connectivity index (χ0n) is 12.5. The summed E-state index contributed by atoms with van der Waals surface area (Å²) in [6, 6.07) is 11.7. The molecule has 0 atom stereocenters. The van der Waals surface area contributed by atoms with Crippen molar-refractivity contribution < 1.29 is 9.53 Å². The lowest BCUT2D eigenvalue weighted by atomic mass is 10.3. The fraction of sp³-hybridized carbons (Fsp3) is 0.250. The van der Waals surface area contributed by atoms with Crippen molar-refractivity contribution in [3.63, 3.8) is 0 Å². The zero-order valence-corrected chi connectivity index (χ0v) is 12.5. The maximum absolute atomic E-state index is 11.4. The zero-order chi connectivity index (χ0) is 15.2. The number of hydrogen-bond acceptors (Lipinski definition) is 4. The predicted octanol–water partition coefficient (Wildman–Crippen LogP) is 3.06. The molecule has 1 aromatic heterocycles. The molecule has 0 fully saturated rings. The third kappa shape index (κ3) is 3.95. The molecule has 2 rings (SSSR count). The van der Waals surface area contributed by atoms with Crippen LogP contribution in [0.4, 0.5) is 5.82 Å². The highest BCUT2D eigenvalue weighted by molar-refractivity contribution is 5.83. The monoisotopic (exact) mass is 285 g/mol. The van der Waals surface area contributed by atoms with E-state index in [1.54, 1.807) is 11.6 Å². The summed E-state index contributed by atoms with van der Waals surface area (Å²) in [5.41, 5.74) is 2.55. The van der Waals surface area contributed by atoms with Crippen LogP contribution in [0.25, 0.3) is 5.69 Å². The Kier molecular flexibility index (Phi) is 4.77. The van der Waals surface area contributed by atoms with E-state index < -0.39 is 0 Å². The maximum atomic E-state index is 11.4. The number of ether oxygens (including phenoxy) is 1. The Balaban J connectivity index is 2.23. The average Bonchev–Trinajstić information content (AvgIpc) is 2.80. The van der Waals surface area contributed by atoms with Gasteiger partial charge in [-0.2, -0.15) is 5.10 Å². The number of carbonyl (C=O) groups is 1. The molecule has 5 nitrogen and oxygen atoms in total. The van der Waals surface area contributed by atoms with Gasteiger partial charge in [-0.15, -0.1) is 0 Å². The van der Waals surface area contributed by atoms with Gasteiger partial charge in [-0.25, -0.2) is 9.48 Å². The fourth-order valence-corrected chi connectivity index (χ4v) is 1.95. The molecule has 0 amide bonds. The normalized spacial score (nSPS) is 11.3. The summed E-state index contributed by atoms with van der Waals surface area (Å²) in [5, 5.41) is 7.64. The van der Waals surface area contributed by atoms with Gasteiger partial charge < -0.3 is 10.1 Å². The van der Waals surface area contributed by atoms with Crippen molar-refractivity contribution >= 4 is 11.8 Å². The number of nitrogens with zero attached hydrogens (tertiary/aromatic N) is 2. The number of aryl methyl sites for hydroxylation is 1. The standard InChI is InChI=1S/C16H19N3O2/c1-4-21-16(20)11-12(2)17-15-10-13(3)18-19(15)14-8-6-5-7-9-14/h5-11,17H,4H2,1-3H3/b12-11+. The van der Waals surface area contributed by atoms with Crippen molar-refractivity contribution in [3.8, 4) is 5.69 Å². The van der Waals surface area contributed by atoms with Crippen molar-refractivity contribution in [1.82, 2.24) is 9.78 Å². The number of para-hydroxylation sites is 1. The maximum Gasteiger partial charge on any atom is 0.332 e. The largest absolute Gasteiger partial charge is 0.463 e. The lowest BCUT2D eigenvalue weighted by molar-refractivity contribution is -0.137. The number of nitrogens with one attached hydrogen (secondary N) is 1. The van der Waals surface area contributed by atoms with E-state index in [1.165, 1.54) is 6.08 Å². The highest BCUT2D eigenvalue weighted by Crippen LogP contribution is 2.18. The van der Waals surface area contributed by atoms with Gasteiger partial charge in [-0.1, -0.05) is 18.2 Å². The molecule has 1 aromatic carbocycles. The average molecular weight is 285 g/mol. The number of benzene rings is 1. The summed E-state index contributed by atoms with van der Waals surface area (Å²) in [6.45, 7) is 5.88. The second kappa shape index (κ2) is 6.74. The molecule has 0 radical (unpaired) electrons. The summed E-state index contributed by atoms with van der Waals surface area (Å²) in [6.07, 6.45) is 1.43. The topological polar surface area (TPSA) is 56.1 Å². The number of esters is 1. The van der Waals surface area contributed by atoms with E-state index in [0.717, 1.165) is 17.2 Å². The number of hydrogen-bond donors (Lipinski definition) is 1. The van der Waals surface area contributed by atoms with Gasteiger partial charge in [0.25, 0.3) is 0 Å². The number of allylic oxidation sites excluding steroid dienone is 1. The third-order valence-electron chi connectivity index (χ3n) is 2.78. The Bertz CT molecular complexity index is 645. The minimum absolute atomic E-state index is 0.356. The van der Waals surface area contributed by atoms with Gasteiger partial charge in [0.15, 0.2) is 0 Å². The molecule has 0 bridgehead atoms. The van der Waals surface area contributed by atoms with Crippen LogP contribution >= 0.6 is 0 Å². The predicted molar refractivity (Wildman–Crippen MR) is 82.3 cm³/mol. The molecule has 2 aromatic rings. The summed E-state index contributed by atoms with van der Waals surface area (Å²) >= 11 is 0. The molecule has 1 heterocycles. The molecule has 0 aliphatic rings. The number of carbonyl (C=O) groups excluding carboxylic acids is 1. The second-order valence-electron chi connectivity index (χ2n) is 4.62. The Labute approximate surface area is 124 Å². The van der Waals surface area contributed by atoms with Crippen molar-refractivity contribution in [1.29, 1.82) is 0 Å². The van der Waals surface area contributed by atoms with E-state index in [1.807, 2.05) is 50.2 Å². The van der Waals surface area contributed by atoms with Crippen molar-refractivity contribution in [2.24, 2.45) is 0 Å². The van der Waals surface area contributed by atoms with Crippen molar-refractivity contribution in [2.45, 2.75) is 20.8 Å². The quantitative estimate of drug-likeness (QED) is 0.677. The van der Waals surface area contributed by atoms with Crippen LogP contribution in [0.3, 0.4) is 0 Å². The van der Waals surface area contributed by atoms with Crippen LogP contribution in [-0.2, 0) is 9.53 Å². The van der Waals surface area contributed by atoms with E-state index in [9.17, 15) is 4.79 Å². The third-order valence-corrected chi connectivity index (χ3v) is 2.78. The van der Waals surface area contributed by atoms with Gasteiger partial charge in [0.05, 0.1) is 18.0 Å². The molecule has 5 heteroatoms. The van der Waals surface area contributed by atoms with Crippen LogP contribution in [0.5, 0.6) is 0 Å². The molecule has 0 saturated carbocycles. The van der Waals surface area contributed by atoms with E-state index in [-0.39, 0.29) is 5.97 Å². The lowest BCUT2D eigenvalue weighted by Gasteiger charge is -2.09. The number of rotatable bonds is 5. The first-order valence-electron chi connectivity index (χ1n) is 6.84.